The summed E-state index contributed by atoms with van der Waals surface area (Å²) in [5.41, 5.74) is 2.13. The Hall–Kier alpha value is -3.46. The minimum atomic E-state index is -0.980. The number of carbonyl (C=O) groups is 1. The van der Waals surface area contributed by atoms with Crippen molar-refractivity contribution >= 4 is 5.91 Å². The Balaban J connectivity index is 1.79. The molecule has 0 unspecified atom stereocenters. The van der Waals surface area contributed by atoms with Crippen LogP contribution in [0.1, 0.15) is 42.3 Å². The van der Waals surface area contributed by atoms with Crippen molar-refractivity contribution in [3.8, 4) is 6.07 Å². The van der Waals surface area contributed by atoms with Gasteiger partial charge < -0.3 is 9.47 Å². The molecule has 1 aromatic heterocycles. The summed E-state index contributed by atoms with van der Waals surface area (Å²) in [6.07, 6.45) is 3.43. The lowest BCUT2D eigenvalue weighted by Crippen LogP contribution is -2.54. The van der Waals surface area contributed by atoms with Crippen molar-refractivity contribution in [3.05, 3.63) is 89.3 Å². The summed E-state index contributed by atoms with van der Waals surface area (Å²) in [5.74, 6) is -0.374. The van der Waals surface area contributed by atoms with Gasteiger partial charge in [0.15, 0.2) is 0 Å². The summed E-state index contributed by atoms with van der Waals surface area (Å²) in [5, 5.41) is 9.07. The molecule has 0 aliphatic carbocycles. The molecule has 4 rings (SSSR count). The Morgan fingerprint density at radius 1 is 1.18 bits per heavy atom. The van der Waals surface area contributed by atoms with Gasteiger partial charge in [-0.3, -0.25) is 4.79 Å². The van der Waals surface area contributed by atoms with Gasteiger partial charge in [0.2, 0.25) is 0 Å². The van der Waals surface area contributed by atoms with Gasteiger partial charge in [-0.15, -0.1) is 0 Å². The highest BCUT2D eigenvalue weighted by Gasteiger charge is 2.46. The first-order chi connectivity index (χ1) is 13.4. The van der Waals surface area contributed by atoms with E-state index in [1.54, 1.807) is 41.7 Å². The quantitative estimate of drug-likeness (QED) is 0.701. The first-order valence-electron chi connectivity index (χ1n) is 9.04. The number of hydrogen-bond acceptors (Lipinski definition) is 3. The maximum atomic E-state index is 13.7. The lowest BCUT2D eigenvalue weighted by Gasteiger charge is -2.44. The number of hydrogen-bond donors (Lipinski definition) is 0. The number of carbonyl (C=O) groups excluding carboxylic acids is 1. The molecule has 1 aliphatic heterocycles. The largest absolute Gasteiger partial charge is 0.328 e. The third-order valence-corrected chi connectivity index (χ3v) is 5.60. The van der Waals surface area contributed by atoms with E-state index in [0.717, 1.165) is 16.8 Å². The highest BCUT2D eigenvalue weighted by atomic mass is 19.1. The number of benzene rings is 2. The average molecular weight is 374 g/mol. The summed E-state index contributed by atoms with van der Waals surface area (Å²) in [7, 11) is 0. The summed E-state index contributed by atoms with van der Waals surface area (Å²) in [4.78, 5) is 19.7. The summed E-state index contributed by atoms with van der Waals surface area (Å²) in [6, 6.07) is 15.2. The van der Waals surface area contributed by atoms with Crippen LogP contribution in [0.15, 0.2) is 61.1 Å². The van der Waals surface area contributed by atoms with Gasteiger partial charge in [0, 0.05) is 6.20 Å². The molecule has 140 valence electrons. The van der Waals surface area contributed by atoms with Crippen molar-refractivity contribution in [2.75, 3.05) is 0 Å². The number of imidazole rings is 1. The molecule has 1 amide bonds. The summed E-state index contributed by atoms with van der Waals surface area (Å²) in [6.45, 7) is 4.23. The molecule has 0 saturated carbocycles. The Bertz CT molecular complexity index is 1070. The maximum Gasteiger partial charge on any atom is 0.254 e. The first-order valence-corrected chi connectivity index (χ1v) is 9.04. The number of halogens is 1. The first kappa shape index (κ1) is 17.9. The number of rotatable bonds is 3. The van der Waals surface area contributed by atoms with Gasteiger partial charge in [0.1, 0.15) is 11.4 Å². The van der Waals surface area contributed by atoms with E-state index >= 15 is 0 Å². The van der Waals surface area contributed by atoms with Gasteiger partial charge in [0.25, 0.3) is 5.91 Å². The molecule has 0 spiro atoms. The fraction of sp³-hybridized carbons (Fsp3) is 0.227. The smallest absolute Gasteiger partial charge is 0.254 e. The molecule has 2 aromatic carbocycles. The number of amides is 1. The second-order valence-electron chi connectivity index (χ2n) is 7.18. The molecule has 6 heteroatoms. The minimum Gasteiger partial charge on any atom is -0.328 e. The van der Waals surface area contributed by atoms with Crippen molar-refractivity contribution in [3.63, 3.8) is 0 Å². The van der Waals surface area contributed by atoms with E-state index in [1.807, 2.05) is 30.5 Å². The monoisotopic (exact) mass is 374 g/mol. The van der Waals surface area contributed by atoms with E-state index in [4.69, 9.17) is 5.26 Å². The van der Waals surface area contributed by atoms with Crippen LogP contribution in [0.5, 0.6) is 0 Å². The van der Waals surface area contributed by atoms with E-state index in [2.05, 4.69) is 11.1 Å². The molecule has 28 heavy (non-hydrogen) atoms. The number of nitriles is 1. The lowest BCUT2D eigenvalue weighted by molar-refractivity contribution is -0.143. The van der Waals surface area contributed by atoms with Gasteiger partial charge >= 0.3 is 0 Å². The standard InChI is InChI=1S/C22H19FN4O/c1-15(17-5-9-19(23)10-6-17)26-13-20-12-25-14-27(20)22(2,21(26)28)18-7-3-16(11-24)4-8-18/h3-10,12,14-15H,13H2,1-2H3/t15-,22-/m0/s1. The molecule has 1 aliphatic rings. The SMILES string of the molecule is C[C@@H](c1ccc(F)cc1)N1Cc2cncn2[C@@](C)(c2ccc(C#N)cc2)C1=O. The van der Waals surface area contributed by atoms with E-state index in [1.165, 1.54) is 12.1 Å². The zero-order valence-electron chi connectivity index (χ0n) is 15.6. The number of nitrogens with zero attached hydrogens (tertiary/aromatic N) is 4. The molecule has 0 bridgehead atoms. The third-order valence-electron chi connectivity index (χ3n) is 5.60. The predicted octanol–water partition coefficient (Wildman–Crippen LogP) is 3.76. The van der Waals surface area contributed by atoms with Gasteiger partial charge in [-0.25, -0.2) is 9.37 Å². The van der Waals surface area contributed by atoms with Crippen LogP contribution in [0, 0.1) is 17.1 Å². The zero-order chi connectivity index (χ0) is 19.9. The van der Waals surface area contributed by atoms with E-state index in [-0.39, 0.29) is 17.8 Å². The summed E-state index contributed by atoms with van der Waals surface area (Å²) < 4.78 is 15.2. The van der Waals surface area contributed by atoms with Crippen LogP contribution in [0.4, 0.5) is 4.39 Å². The molecule has 0 saturated heterocycles. The van der Waals surface area contributed by atoms with Crippen LogP contribution in [-0.2, 0) is 16.9 Å². The van der Waals surface area contributed by atoms with Crippen LogP contribution in [0.3, 0.4) is 0 Å². The molecule has 5 nitrogen and oxygen atoms in total. The van der Waals surface area contributed by atoms with Crippen LogP contribution in [0.2, 0.25) is 0 Å². The minimum absolute atomic E-state index is 0.0699. The van der Waals surface area contributed by atoms with Crippen molar-refractivity contribution in [1.29, 1.82) is 5.26 Å². The topological polar surface area (TPSA) is 61.9 Å². The van der Waals surface area contributed by atoms with Crippen molar-refractivity contribution in [2.45, 2.75) is 32.0 Å². The molecule has 0 fully saturated rings. The fourth-order valence-electron chi connectivity index (χ4n) is 3.84. The molecular weight excluding hydrogens is 355 g/mol. The Labute approximate surface area is 162 Å². The van der Waals surface area contributed by atoms with Gasteiger partial charge in [-0.05, 0) is 49.2 Å². The van der Waals surface area contributed by atoms with E-state index < -0.39 is 5.54 Å². The average Bonchev–Trinajstić information content (AvgIpc) is 3.20. The fourth-order valence-corrected chi connectivity index (χ4v) is 3.84. The van der Waals surface area contributed by atoms with E-state index in [9.17, 15) is 9.18 Å². The number of aromatic nitrogens is 2. The molecule has 2 heterocycles. The molecule has 0 radical (unpaired) electrons. The third kappa shape index (κ3) is 2.67. The van der Waals surface area contributed by atoms with Crippen LogP contribution < -0.4 is 0 Å². The van der Waals surface area contributed by atoms with Crippen LogP contribution in [0.25, 0.3) is 0 Å². The normalized spacial score (nSPS) is 19.8. The molecule has 2 atom stereocenters. The highest BCUT2D eigenvalue weighted by Crippen LogP contribution is 2.38. The molecular formula is C22H19FN4O. The Kier molecular flexibility index (Phi) is 4.23. The van der Waals surface area contributed by atoms with Crippen molar-refractivity contribution in [2.24, 2.45) is 0 Å². The van der Waals surface area contributed by atoms with Crippen molar-refractivity contribution < 1.29 is 9.18 Å². The van der Waals surface area contributed by atoms with Crippen LogP contribution in [-0.4, -0.2) is 20.4 Å². The molecule has 3 aromatic rings. The zero-order valence-corrected chi connectivity index (χ0v) is 15.6. The Morgan fingerprint density at radius 3 is 2.50 bits per heavy atom. The number of fused-ring (bicyclic) bond motifs is 1. The second kappa shape index (κ2) is 6.61. The predicted molar refractivity (Wildman–Crippen MR) is 101 cm³/mol. The second-order valence-corrected chi connectivity index (χ2v) is 7.18. The Morgan fingerprint density at radius 2 is 1.86 bits per heavy atom. The lowest BCUT2D eigenvalue weighted by atomic mass is 9.86. The van der Waals surface area contributed by atoms with Crippen LogP contribution >= 0.6 is 0 Å². The highest BCUT2D eigenvalue weighted by molar-refractivity contribution is 5.89. The van der Waals surface area contributed by atoms with E-state index in [0.29, 0.717) is 12.1 Å². The molecule has 0 N–H and O–H groups in total. The summed E-state index contributed by atoms with van der Waals surface area (Å²) >= 11 is 0. The van der Waals surface area contributed by atoms with Crippen molar-refractivity contribution in [1.82, 2.24) is 14.5 Å². The van der Waals surface area contributed by atoms with Gasteiger partial charge in [0.05, 0.1) is 36.2 Å². The van der Waals surface area contributed by atoms with Gasteiger partial charge in [-0.2, -0.15) is 5.26 Å². The maximum absolute atomic E-state index is 13.7. The van der Waals surface area contributed by atoms with Gasteiger partial charge in [-0.1, -0.05) is 24.3 Å².